The highest BCUT2D eigenvalue weighted by Crippen LogP contribution is 1.97. The standard InChI is InChI=1S/C8H17NOS.CH3NOS/c1-5-9(6-2)8(11)10-7(3)4;2-1(3)4/h7H,5-6H2,1-4H3;(H3,2,3,4). The molecule has 90 valence electrons. The van der Waals surface area contributed by atoms with Crippen LogP contribution in [0.15, 0.2) is 0 Å². The van der Waals surface area contributed by atoms with Crippen molar-refractivity contribution in [2.75, 3.05) is 13.1 Å². The van der Waals surface area contributed by atoms with Crippen molar-refractivity contribution in [1.82, 2.24) is 4.90 Å². The number of nitrogens with two attached hydrogens (primary N) is 1. The number of aliphatic hydroxyl groups excluding tert-OH is 1. The van der Waals surface area contributed by atoms with Gasteiger partial charge in [-0.25, -0.2) is 0 Å². The summed E-state index contributed by atoms with van der Waals surface area (Å²) in [6, 6.07) is 0. The van der Waals surface area contributed by atoms with Crippen molar-refractivity contribution in [1.29, 1.82) is 0 Å². The number of aliphatic hydroxyl groups is 1. The van der Waals surface area contributed by atoms with Crippen molar-refractivity contribution < 1.29 is 9.84 Å². The van der Waals surface area contributed by atoms with E-state index in [1.807, 2.05) is 18.7 Å². The Bertz CT molecular complexity index is 191. The quantitative estimate of drug-likeness (QED) is 0.747. The summed E-state index contributed by atoms with van der Waals surface area (Å²) in [6.07, 6.45) is 0.183. The largest absolute Gasteiger partial charge is 0.487 e. The van der Waals surface area contributed by atoms with E-state index in [2.05, 4.69) is 31.8 Å². The van der Waals surface area contributed by atoms with Gasteiger partial charge in [-0.2, -0.15) is 0 Å². The first kappa shape index (κ1) is 16.8. The van der Waals surface area contributed by atoms with Crippen LogP contribution in [-0.4, -0.2) is 39.5 Å². The number of ether oxygens (including phenoxy) is 1. The molecule has 0 amide bonds. The third kappa shape index (κ3) is 13.4. The molecule has 3 N–H and O–H groups in total. The molecule has 0 saturated carbocycles. The molecule has 0 rings (SSSR count). The third-order valence-electron chi connectivity index (χ3n) is 1.36. The summed E-state index contributed by atoms with van der Waals surface area (Å²) in [5.74, 6) is 0. The van der Waals surface area contributed by atoms with Crippen LogP contribution in [0.5, 0.6) is 0 Å². The van der Waals surface area contributed by atoms with Gasteiger partial charge in [0.15, 0.2) is 0 Å². The molecule has 0 saturated heterocycles. The summed E-state index contributed by atoms with van der Waals surface area (Å²) >= 11 is 8.92. The Labute approximate surface area is 102 Å². The van der Waals surface area contributed by atoms with Gasteiger partial charge < -0.3 is 20.5 Å². The Kier molecular flexibility index (Phi) is 11.1. The van der Waals surface area contributed by atoms with Crippen molar-refractivity contribution in [3.63, 3.8) is 0 Å². The molecule has 0 aliphatic carbocycles. The molecular weight excluding hydrogens is 232 g/mol. The van der Waals surface area contributed by atoms with Gasteiger partial charge in [0.2, 0.25) is 0 Å². The van der Waals surface area contributed by atoms with Crippen LogP contribution in [0.3, 0.4) is 0 Å². The number of rotatable bonds is 3. The van der Waals surface area contributed by atoms with E-state index in [0.29, 0.717) is 5.17 Å². The maximum atomic E-state index is 7.56. The Morgan fingerprint density at radius 1 is 1.33 bits per heavy atom. The molecule has 0 heterocycles. The summed E-state index contributed by atoms with van der Waals surface area (Å²) in [4.78, 5) is 2.02. The molecule has 0 unspecified atom stereocenters. The lowest BCUT2D eigenvalue weighted by molar-refractivity contribution is 0.191. The van der Waals surface area contributed by atoms with Crippen LogP contribution >= 0.6 is 24.4 Å². The summed E-state index contributed by atoms with van der Waals surface area (Å²) in [5, 5.41) is 7.68. The molecule has 0 spiro atoms. The van der Waals surface area contributed by atoms with E-state index in [1.54, 1.807) is 0 Å². The van der Waals surface area contributed by atoms with E-state index in [9.17, 15) is 0 Å². The van der Waals surface area contributed by atoms with Crippen LogP contribution in [0, 0.1) is 0 Å². The first-order chi connectivity index (χ1) is 6.84. The SMILES string of the molecule is CCN(CC)C(=S)OC(C)C.NC(O)=S. The smallest absolute Gasteiger partial charge is 0.259 e. The molecule has 0 aromatic carbocycles. The predicted molar refractivity (Wildman–Crippen MR) is 71.2 cm³/mol. The van der Waals surface area contributed by atoms with Gasteiger partial charge in [-0.1, -0.05) is 0 Å². The number of thiocarbonyl (C=S) groups is 2. The lowest BCUT2D eigenvalue weighted by atomic mass is 10.5. The van der Waals surface area contributed by atoms with Crippen LogP contribution in [-0.2, 0) is 4.74 Å². The minimum absolute atomic E-state index is 0.183. The van der Waals surface area contributed by atoms with Crippen molar-refractivity contribution >= 4 is 34.8 Å². The van der Waals surface area contributed by atoms with Crippen LogP contribution in [0.2, 0.25) is 0 Å². The van der Waals surface area contributed by atoms with E-state index >= 15 is 0 Å². The van der Waals surface area contributed by atoms with E-state index in [1.165, 1.54) is 0 Å². The zero-order chi connectivity index (χ0) is 12.4. The molecule has 0 fully saturated rings. The van der Waals surface area contributed by atoms with Gasteiger partial charge in [-0.05, 0) is 52.1 Å². The summed E-state index contributed by atoms with van der Waals surface area (Å²) in [7, 11) is 0. The van der Waals surface area contributed by atoms with Gasteiger partial charge in [-0.3, -0.25) is 0 Å². The average molecular weight is 252 g/mol. The summed E-state index contributed by atoms with van der Waals surface area (Å²) < 4.78 is 5.35. The number of hydrogen-bond acceptors (Lipinski definition) is 3. The first-order valence-corrected chi connectivity index (χ1v) is 5.60. The fourth-order valence-electron chi connectivity index (χ4n) is 0.758. The van der Waals surface area contributed by atoms with E-state index in [4.69, 9.17) is 22.1 Å². The molecule has 15 heavy (non-hydrogen) atoms. The molecule has 0 aromatic rings. The van der Waals surface area contributed by atoms with Crippen LogP contribution in [0.1, 0.15) is 27.7 Å². The van der Waals surface area contributed by atoms with Gasteiger partial charge in [0.25, 0.3) is 10.3 Å². The zero-order valence-electron chi connectivity index (χ0n) is 9.69. The fourth-order valence-corrected chi connectivity index (χ4v) is 1.21. The molecule has 0 aliphatic heterocycles. The van der Waals surface area contributed by atoms with Gasteiger partial charge in [0.05, 0.1) is 6.10 Å². The minimum atomic E-state index is -0.500. The fraction of sp³-hybridized carbons (Fsp3) is 0.778. The van der Waals surface area contributed by atoms with Gasteiger partial charge in [-0.15, -0.1) is 0 Å². The van der Waals surface area contributed by atoms with Crippen LogP contribution in [0.25, 0.3) is 0 Å². The monoisotopic (exact) mass is 252 g/mol. The van der Waals surface area contributed by atoms with Crippen molar-refractivity contribution in [3.8, 4) is 0 Å². The Morgan fingerprint density at radius 2 is 1.67 bits per heavy atom. The Morgan fingerprint density at radius 3 is 1.87 bits per heavy atom. The molecule has 0 bridgehead atoms. The summed E-state index contributed by atoms with van der Waals surface area (Å²) in [5.41, 5.74) is 4.40. The minimum Gasteiger partial charge on any atom is -0.487 e. The van der Waals surface area contributed by atoms with Crippen LogP contribution in [0.4, 0.5) is 0 Å². The zero-order valence-corrected chi connectivity index (χ0v) is 11.3. The van der Waals surface area contributed by atoms with E-state index in [0.717, 1.165) is 13.1 Å². The molecule has 0 radical (unpaired) electrons. The van der Waals surface area contributed by atoms with E-state index < -0.39 is 5.17 Å². The number of hydrogen-bond donors (Lipinski definition) is 2. The average Bonchev–Trinajstić information content (AvgIpc) is 2.03. The highest BCUT2D eigenvalue weighted by Gasteiger charge is 2.06. The topological polar surface area (TPSA) is 58.7 Å². The van der Waals surface area contributed by atoms with Gasteiger partial charge >= 0.3 is 0 Å². The molecular formula is C9H20N2O2S2. The second kappa shape index (κ2) is 9.92. The van der Waals surface area contributed by atoms with Crippen molar-refractivity contribution in [2.24, 2.45) is 5.73 Å². The maximum absolute atomic E-state index is 7.56. The Balaban J connectivity index is 0. The second-order valence-electron chi connectivity index (χ2n) is 2.94. The van der Waals surface area contributed by atoms with Crippen molar-refractivity contribution in [2.45, 2.75) is 33.8 Å². The predicted octanol–water partition coefficient (Wildman–Crippen LogP) is 1.83. The van der Waals surface area contributed by atoms with E-state index in [-0.39, 0.29) is 6.10 Å². The second-order valence-corrected chi connectivity index (χ2v) is 3.71. The third-order valence-corrected chi connectivity index (χ3v) is 1.71. The lowest BCUT2D eigenvalue weighted by Gasteiger charge is -2.22. The molecule has 6 heteroatoms. The highest BCUT2D eigenvalue weighted by molar-refractivity contribution is 7.80. The summed E-state index contributed by atoms with van der Waals surface area (Å²) in [6.45, 7) is 9.94. The van der Waals surface area contributed by atoms with Gasteiger partial charge in [0.1, 0.15) is 0 Å². The molecule has 0 aromatic heterocycles. The molecule has 0 atom stereocenters. The van der Waals surface area contributed by atoms with Gasteiger partial charge in [0, 0.05) is 13.1 Å². The number of nitrogens with zero attached hydrogens (tertiary/aromatic N) is 1. The van der Waals surface area contributed by atoms with Crippen LogP contribution < -0.4 is 5.73 Å². The first-order valence-electron chi connectivity index (χ1n) is 4.79. The highest BCUT2D eigenvalue weighted by atomic mass is 32.1. The molecule has 0 aliphatic rings. The lowest BCUT2D eigenvalue weighted by Crippen LogP contribution is -2.32. The molecule has 4 nitrogen and oxygen atoms in total. The Hall–Kier alpha value is -0.620. The normalized spacial score (nSPS) is 8.87. The van der Waals surface area contributed by atoms with Crippen molar-refractivity contribution in [3.05, 3.63) is 0 Å². The maximum Gasteiger partial charge on any atom is 0.259 e.